The molecule has 0 aliphatic heterocycles. The van der Waals surface area contributed by atoms with Gasteiger partial charge in [-0.25, -0.2) is 13.1 Å². The number of nitrogens with zero attached hydrogens (tertiary/aromatic N) is 1. The van der Waals surface area contributed by atoms with Crippen LogP contribution < -0.4 is 14.2 Å². The van der Waals surface area contributed by atoms with E-state index in [0.29, 0.717) is 17.1 Å². The van der Waals surface area contributed by atoms with E-state index in [2.05, 4.69) is 4.72 Å². The van der Waals surface area contributed by atoms with Crippen molar-refractivity contribution in [2.24, 2.45) is 0 Å². The van der Waals surface area contributed by atoms with Crippen LogP contribution >= 0.6 is 0 Å². The predicted molar refractivity (Wildman–Crippen MR) is 70.4 cm³/mol. The quantitative estimate of drug-likeness (QED) is 0.843. The summed E-state index contributed by atoms with van der Waals surface area (Å²) in [7, 11) is -0.623. The second-order valence-electron chi connectivity index (χ2n) is 3.82. The van der Waals surface area contributed by atoms with Crippen molar-refractivity contribution in [1.82, 2.24) is 4.72 Å². The second kappa shape index (κ2) is 6.41. The molecule has 0 saturated carbocycles. The van der Waals surface area contributed by atoms with E-state index in [0.717, 1.165) is 0 Å². The van der Waals surface area contributed by atoms with Gasteiger partial charge < -0.3 is 9.47 Å². The van der Waals surface area contributed by atoms with Crippen molar-refractivity contribution in [3.05, 3.63) is 23.8 Å². The number of methoxy groups -OCH3 is 2. The van der Waals surface area contributed by atoms with Gasteiger partial charge in [0.25, 0.3) is 0 Å². The standard InChI is InChI=1S/C12H16N2O4S/c1-9(7-13)19(15,16)14-8-10-4-5-11(17-2)6-12(10)18-3/h4-6,9,14H,8H2,1-3H3. The number of benzene rings is 1. The lowest BCUT2D eigenvalue weighted by Gasteiger charge is -2.12. The minimum atomic E-state index is -3.65. The van der Waals surface area contributed by atoms with Crippen LogP contribution in [0.1, 0.15) is 12.5 Å². The predicted octanol–water partition coefficient (Wildman–Crippen LogP) is 1.04. The van der Waals surface area contributed by atoms with E-state index >= 15 is 0 Å². The molecule has 1 atom stereocenters. The van der Waals surface area contributed by atoms with Crippen molar-refractivity contribution in [3.8, 4) is 17.6 Å². The highest BCUT2D eigenvalue weighted by atomic mass is 32.2. The van der Waals surface area contributed by atoms with Crippen molar-refractivity contribution in [3.63, 3.8) is 0 Å². The molecule has 1 aromatic carbocycles. The molecule has 1 N–H and O–H groups in total. The summed E-state index contributed by atoms with van der Waals surface area (Å²) in [5.74, 6) is 1.14. The SMILES string of the molecule is COc1ccc(CNS(=O)(=O)C(C)C#N)c(OC)c1. The smallest absolute Gasteiger partial charge is 0.227 e. The fourth-order valence-electron chi connectivity index (χ4n) is 1.37. The van der Waals surface area contributed by atoms with Gasteiger partial charge in [0.1, 0.15) is 11.5 Å². The average molecular weight is 284 g/mol. The molecule has 0 amide bonds. The third-order valence-electron chi connectivity index (χ3n) is 2.61. The minimum absolute atomic E-state index is 0.0571. The lowest BCUT2D eigenvalue weighted by molar-refractivity contribution is 0.390. The van der Waals surface area contributed by atoms with Gasteiger partial charge in [-0.1, -0.05) is 6.07 Å². The number of nitrogens with one attached hydrogen (secondary N) is 1. The molecule has 0 saturated heterocycles. The van der Waals surface area contributed by atoms with Gasteiger partial charge in [0.15, 0.2) is 5.25 Å². The molecule has 0 aliphatic carbocycles. The van der Waals surface area contributed by atoms with E-state index in [9.17, 15) is 8.42 Å². The van der Waals surface area contributed by atoms with Gasteiger partial charge in [-0.15, -0.1) is 0 Å². The Morgan fingerprint density at radius 2 is 2.05 bits per heavy atom. The Balaban J connectivity index is 2.87. The molecule has 0 bridgehead atoms. The van der Waals surface area contributed by atoms with Gasteiger partial charge in [0.2, 0.25) is 10.0 Å². The highest BCUT2D eigenvalue weighted by Crippen LogP contribution is 2.24. The van der Waals surface area contributed by atoms with Crippen LogP contribution in [0.25, 0.3) is 0 Å². The zero-order valence-electron chi connectivity index (χ0n) is 11.0. The number of hydrogen-bond acceptors (Lipinski definition) is 5. The van der Waals surface area contributed by atoms with Crippen molar-refractivity contribution in [2.75, 3.05) is 14.2 Å². The highest BCUT2D eigenvalue weighted by molar-refractivity contribution is 7.90. The summed E-state index contributed by atoms with van der Waals surface area (Å²) in [6.07, 6.45) is 0. The molecule has 1 rings (SSSR count). The fraction of sp³-hybridized carbons (Fsp3) is 0.417. The Bertz CT molecular complexity index is 578. The first-order valence-electron chi connectivity index (χ1n) is 5.53. The lowest BCUT2D eigenvalue weighted by Crippen LogP contribution is -2.31. The summed E-state index contributed by atoms with van der Waals surface area (Å²) in [6, 6.07) is 6.76. The molecule has 0 spiro atoms. The maximum Gasteiger partial charge on any atom is 0.227 e. The van der Waals surface area contributed by atoms with Crippen molar-refractivity contribution < 1.29 is 17.9 Å². The van der Waals surface area contributed by atoms with E-state index in [1.807, 2.05) is 0 Å². The number of rotatable bonds is 6. The lowest BCUT2D eigenvalue weighted by atomic mass is 10.2. The summed E-state index contributed by atoms with van der Waals surface area (Å²) >= 11 is 0. The van der Waals surface area contributed by atoms with Crippen molar-refractivity contribution in [2.45, 2.75) is 18.7 Å². The molecule has 0 heterocycles. The van der Waals surface area contributed by atoms with Gasteiger partial charge in [-0.3, -0.25) is 0 Å². The molecule has 7 heteroatoms. The Hall–Kier alpha value is -1.78. The highest BCUT2D eigenvalue weighted by Gasteiger charge is 2.20. The normalized spacial score (nSPS) is 12.5. The molecule has 104 valence electrons. The van der Waals surface area contributed by atoms with E-state index in [1.165, 1.54) is 21.1 Å². The van der Waals surface area contributed by atoms with Crippen LogP contribution in [-0.2, 0) is 16.6 Å². The van der Waals surface area contributed by atoms with Gasteiger partial charge in [-0.2, -0.15) is 5.26 Å². The van der Waals surface area contributed by atoms with Crippen LogP contribution in [0, 0.1) is 11.3 Å². The van der Waals surface area contributed by atoms with Crippen LogP contribution in [0.4, 0.5) is 0 Å². The van der Waals surface area contributed by atoms with Gasteiger partial charge in [0.05, 0.1) is 20.3 Å². The van der Waals surface area contributed by atoms with Crippen LogP contribution in [-0.4, -0.2) is 27.9 Å². The average Bonchev–Trinajstić information content (AvgIpc) is 2.43. The van der Waals surface area contributed by atoms with E-state index in [4.69, 9.17) is 14.7 Å². The Kier molecular flexibility index (Phi) is 5.15. The summed E-state index contributed by atoms with van der Waals surface area (Å²) in [6.45, 7) is 1.38. The second-order valence-corrected chi connectivity index (χ2v) is 5.90. The first-order valence-corrected chi connectivity index (χ1v) is 7.08. The van der Waals surface area contributed by atoms with Gasteiger partial charge >= 0.3 is 0 Å². The van der Waals surface area contributed by atoms with Crippen LogP contribution in [0.3, 0.4) is 0 Å². The Labute approximate surface area is 113 Å². The van der Waals surface area contributed by atoms with Crippen LogP contribution in [0.5, 0.6) is 11.5 Å². The zero-order chi connectivity index (χ0) is 14.5. The maximum atomic E-state index is 11.7. The Morgan fingerprint density at radius 3 is 2.58 bits per heavy atom. The zero-order valence-corrected chi connectivity index (χ0v) is 11.8. The van der Waals surface area contributed by atoms with Crippen LogP contribution in [0.2, 0.25) is 0 Å². The molecule has 0 radical (unpaired) electrons. The van der Waals surface area contributed by atoms with E-state index < -0.39 is 15.3 Å². The number of hydrogen-bond donors (Lipinski definition) is 1. The topological polar surface area (TPSA) is 88.4 Å². The summed E-state index contributed by atoms with van der Waals surface area (Å²) in [5, 5.41) is 7.53. The molecule has 0 aliphatic rings. The van der Waals surface area contributed by atoms with E-state index in [1.54, 1.807) is 24.3 Å². The third kappa shape index (κ3) is 3.84. The molecule has 19 heavy (non-hydrogen) atoms. The van der Waals surface area contributed by atoms with Crippen LogP contribution in [0.15, 0.2) is 18.2 Å². The molecule has 6 nitrogen and oxygen atoms in total. The first-order chi connectivity index (χ1) is 8.94. The molecule has 0 fully saturated rings. The van der Waals surface area contributed by atoms with Gasteiger partial charge in [0, 0.05) is 18.2 Å². The van der Waals surface area contributed by atoms with Crippen molar-refractivity contribution >= 4 is 10.0 Å². The number of nitriles is 1. The van der Waals surface area contributed by atoms with Gasteiger partial charge in [-0.05, 0) is 13.0 Å². The van der Waals surface area contributed by atoms with Crippen molar-refractivity contribution in [1.29, 1.82) is 5.26 Å². The molecule has 1 unspecified atom stereocenters. The Morgan fingerprint density at radius 1 is 1.37 bits per heavy atom. The monoisotopic (exact) mass is 284 g/mol. The summed E-state index contributed by atoms with van der Waals surface area (Å²) < 4.78 is 35.9. The number of ether oxygens (including phenoxy) is 2. The minimum Gasteiger partial charge on any atom is -0.497 e. The number of sulfonamides is 1. The molecule has 0 aromatic heterocycles. The molecule has 1 aromatic rings. The first kappa shape index (κ1) is 15.3. The molecular formula is C12H16N2O4S. The largest absolute Gasteiger partial charge is 0.497 e. The summed E-state index contributed by atoms with van der Waals surface area (Å²) in [5.41, 5.74) is 0.664. The maximum absolute atomic E-state index is 11.7. The molecular weight excluding hydrogens is 268 g/mol. The fourth-order valence-corrected chi connectivity index (χ4v) is 2.12. The third-order valence-corrected chi connectivity index (χ3v) is 4.19. The summed E-state index contributed by atoms with van der Waals surface area (Å²) in [4.78, 5) is 0. The van der Waals surface area contributed by atoms with E-state index in [-0.39, 0.29) is 6.54 Å².